The number of rotatable bonds is 4. The molecule has 2 aromatic rings. The van der Waals surface area contributed by atoms with Crippen molar-refractivity contribution in [2.45, 2.75) is 6.92 Å². The number of H-pyrrole nitrogens is 1. The van der Waals surface area contributed by atoms with Crippen molar-refractivity contribution < 1.29 is 4.74 Å². The van der Waals surface area contributed by atoms with E-state index < -0.39 is 0 Å². The number of ether oxygens (including phenoxy) is 1. The molecule has 0 aliphatic heterocycles. The Morgan fingerprint density at radius 2 is 2.00 bits per heavy atom. The summed E-state index contributed by atoms with van der Waals surface area (Å²) in [5.41, 5.74) is 3.64. The van der Waals surface area contributed by atoms with Crippen LogP contribution < -0.4 is 15.7 Å². The van der Waals surface area contributed by atoms with E-state index in [1.54, 1.807) is 19.1 Å². The molecule has 6 nitrogen and oxygen atoms in total. The third kappa shape index (κ3) is 3.96. The molecule has 1 aromatic heterocycles. The van der Waals surface area contributed by atoms with Crippen LogP contribution in [0.2, 0.25) is 10.0 Å². The number of hydrazone groups is 1. The SMILES string of the molecule is COc1c(Cl)cc(/C=N\Nc2nc(C)cc(=O)[nH]2)cc1Cl. The van der Waals surface area contributed by atoms with Crippen LogP contribution in [0, 0.1) is 6.92 Å². The van der Waals surface area contributed by atoms with Gasteiger partial charge in [0.15, 0.2) is 5.75 Å². The Bertz CT molecular complexity index is 720. The van der Waals surface area contributed by atoms with E-state index in [1.807, 2.05) is 0 Å². The van der Waals surface area contributed by atoms with E-state index in [0.29, 0.717) is 27.1 Å². The highest BCUT2D eigenvalue weighted by molar-refractivity contribution is 6.37. The van der Waals surface area contributed by atoms with Crippen LogP contribution in [0.15, 0.2) is 28.1 Å². The Balaban J connectivity index is 2.16. The van der Waals surface area contributed by atoms with Gasteiger partial charge >= 0.3 is 0 Å². The Morgan fingerprint density at radius 1 is 1.33 bits per heavy atom. The molecular weight excluding hydrogens is 315 g/mol. The molecule has 8 heteroatoms. The van der Waals surface area contributed by atoms with E-state index in [-0.39, 0.29) is 11.5 Å². The van der Waals surface area contributed by atoms with E-state index in [2.05, 4.69) is 20.5 Å². The summed E-state index contributed by atoms with van der Waals surface area (Å²) in [6.45, 7) is 1.72. The molecule has 0 saturated carbocycles. The molecule has 21 heavy (non-hydrogen) atoms. The van der Waals surface area contributed by atoms with E-state index in [9.17, 15) is 4.79 Å². The topological polar surface area (TPSA) is 79.4 Å². The number of nitrogens with zero attached hydrogens (tertiary/aromatic N) is 2. The van der Waals surface area contributed by atoms with E-state index in [0.717, 1.165) is 0 Å². The molecule has 0 radical (unpaired) electrons. The molecule has 2 N–H and O–H groups in total. The summed E-state index contributed by atoms with van der Waals surface area (Å²) in [7, 11) is 1.49. The molecule has 0 aliphatic carbocycles. The number of benzene rings is 1. The lowest BCUT2D eigenvalue weighted by atomic mass is 10.2. The molecule has 1 heterocycles. The first kappa shape index (κ1) is 15.3. The van der Waals surface area contributed by atoms with Gasteiger partial charge in [-0.1, -0.05) is 23.2 Å². The molecule has 0 amide bonds. The van der Waals surface area contributed by atoms with Gasteiger partial charge in [-0.25, -0.2) is 10.4 Å². The van der Waals surface area contributed by atoms with Crippen LogP contribution in [0.4, 0.5) is 5.95 Å². The maximum absolute atomic E-state index is 11.3. The normalized spacial score (nSPS) is 10.9. The number of hydrogen-bond acceptors (Lipinski definition) is 5. The molecule has 1 aromatic carbocycles. The summed E-state index contributed by atoms with van der Waals surface area (Å²) in [6.07, 6.45) is 1.50. The van der Waals surface area contributed by atoms with Crippen molar-refractivity contribution in [1.29, 1.82) is 0 Å². The fraction of sp³-hybridized carbons (Fsp3) is 0.154. The summed E-state index contributed by atoms with van der Waals surface area (Å²) < 4.78 is 5.06. The van der Waals surface area contributed by atoms with Gasteiger partial charge in [0.1, 0.15) is 0 Å². The van der Waals surface area contributed by atoms with Gasteiger partial charge in [-0.2, -0.15) is 5.10 Å². The predicted molar refractivity (Wildman–Crippen MR) is 83.8 cm³/mol. The van der Waals surface area contributed by atoms with Crippen molar-refractivity contribution in [1.82, 2.24) is 9.97 Å². The van der Waals surface area contributed by atoms with E-state index in [1.165, 1.54) is 19.4 Å². The highest BCUT2D eigenvalue weighted by Crippen LogP contribution is 2.33. The highest BCUT2D eigenvalue weighted by Gasteiger charge is 2.07. The number of aromatic nitrogens is 2. The number of aryl methyl sites for hydroxylation is 1. The third-order valence-electron chi connectivity index (χ3n) is 2.48. The summed E-state index contributed by atoms with van der Waals surface area (Å²) in [5, 5.41) is 4.73. The zero-order valence-electron chi connectivity index (χ0n) is 11.3. The van der Waals surface area contributed by atoms with Gasteiger partial charge in [0.05, 0.1) is 23.4 Å². The number of methoxy groups -OCH3 is 1. The molecular formula is C13H12Cl2N4O2. The van der Waals surface area contributed by atoms with Crippen LogP contribution >= 0.6 is 23.2 Å². The molecule has 0 saturated heterocycles. The van der Waals surface area contributed by atoms with Crippen molar-refractivity contribution in [3.05, 3.63) is 49.9 Å². The van der Waals surface area contributed by atoms with Gasteiger partial charge in [0, 0.05) is 11.8 Å². The van der Waals surface area contributed by atoms with E-state index >= 15 is 0 Å². The predicted octanol–water partition coefficient (Wildman–Crippen LogP) is 2.84. The summed E-state index contributed by atoms with van der Waals surface area (Å²) in [4.78, 5) is 17.9. The molecule has 0 aliphatic rings. The van der Waals surface area contributed by atoms with Crippen molar-refractivity contribution in [2.24, 2.45) is 5.10 Å². The Hall–Kier alpha value is -2.05. The lowest BCUT2D eigenvalue weighted by molar-refractivity contribution is 0.415. The zero-order valence-corrected chi connectivity index (χ0v) is 12.8. The largest absolute Gasteiger partial charge is 0.494 e. The number of halogens is 2. The van der Waals surface area contributed by atoms with Crippen LogP contribution in [0.1, 0.15) is 11.3 Å². The first-order valence-electron chi connectivity index (χ1n) is 5.89. The molecule has 2 rings (SSSR count). The average Bonchev–Trinajstić information content (AvgIpc) is 2.37. The lowest BCUT2D eigenvalue weighted by Crippen LogP contribution is -2.10. The Morgan fingerprint density at radius 3 is 2.57 bits per heavy atom. The Kier molecular flexibility index (Phi) is 4.82. The number of hydrogen-bond donors (Lipinski definition) is 2. The number of aromatic amines is 1. The van der Waals surface area contributed by atoms with Gasteiger partial charge < -0.3 is 4.74 Å². The average molecular weight is 327 g/mol. The second kappa shape index (κ2) is 6.60. The minimum Gasteiger partial charge on any atom is -0.494 e. The molecule has 0 atom stereocenters. The van der Waals surface area contributed by atoms with Gasteiger partial charge in [0.2, 0.25) is 5.95 Å². The van der Waals surface area contributed by atoms with Crippen molar-refractivity contribution in [2.75, 3.05) is 12.5 Å². The first-order chi connectivity index (χ1) is 9.99. The van der Waals surface area contributed by atoms with Crippen LogP contribution in [0.25, 0.3) is 0 Å². The maximum Gasteiger partial charge on any atom is 0.252 e. The zero-order chi connectivity index (χ0) is 15.4. The minimum absolute atomic E-state index is 0.252. The van der Waals surface area contributed by atoms with Gasteiger partial charge in [-0.15, -0.1) is 0 Å². The number of nitrogens with one attached hydrogen (secondary N) is 2. The van der Waals surface area contributed by atoms with Crippen LogP contribution in [0.5, 0.6) is 5.75 Å². The maximum atomic E-state index is 11.3. The fourth-order valence-electron chi connectivity index (χ4n) is 1.65. The summed E-state index contributed by atoms with van der Waals surface area (Å²) in [6, 6.07) is 4.70. The van der Waals surface area contributed by atoms with Gasteiger partial charge in [-0.05, 0) is 24.6 Å². The minimum atomic E-state index is -0.254. The highest BCUT2D eigenvalue weighted by atomic mass is 35.5. The van der Waals surface area contributed by atoms with Gasteiger partial charge in [0.25, 0.3) is 5.56 Å². The Labute approximate surface area is 130 Å². The lowest BCUT2D eigenvalue weighted by Gasteiger charge is -2.06. The first-order valence-corrected chi connectivity index (χ1v) is 6.65. The smallest absolute Gasteiger partial charge is 0.252 e. The van der Waals surface area contributed by atoms with Crippen molar-refractivity contribution in [3.63, 3.8) is 0 Å². The number of anilines is 1. The molecule has 0 bridgehead atoms. The molecule has 0 fully saturated rings. The molecule has 0 spiro atoms. The van der Waals surface area contributed by atoms with Crippen molar-refractivity contribution >= 4 is 35.4 Å². The van der Waals surface area contributed by atoms with Crippen LogP contribution in [0.3, 0.4) is 0 Å². The van der Waals surface area contributed by atoms with Crippen LogP contribution in [-0.4, -0.2) is 23.3 Å². The summed E-state index contributed by atoms with van der Waals surface area (Å²) in [5.74, 6) is 0.662. The molecule has 0 unspecified atom stereocenters. The standard InChI is InChI=1S/C13H12Cl2N4O2/c1-7-3-11(20)18-13(17-7)19-16-6-8-4-9(14)12(21-2)10(15)5-8/h3-6H,1-2H3,(H2,17,18,19,20)/b16-6-. The van der Waals surface area contributed by atoms with Crippen molar-refractivity contribution in [3.8, 4) is 5.75 Å². The van der Waals surface area contributed by atoms with E-state index in [4.69, 9.17) is 27.9 Å². The monoisotopic (exact) mass is 326 g/mol. The van der Waals surface area contributed by atoms with Crippen LogP contribution in [-0.2, 0) is 0 Å². The van der Waals surface area contributed by atoms with Gasteiger partial charge in [-0.3, -0.25) is 9.78 Å². The fourth-order valence-corrected chi connectivity index (χ4v) is 2.31. The quantitative estimate of drug-likeness (QED) is 0.668. The molecule has 110 valence electrons. The second-order valence-corrected chi connectivity index (χ2v) is 4.94. The third-order valence-corrected chi connectivity index (χ3v) is 3.04. The summed E-state index contributed by atoms with van der Waals surface area (Å²) >= 11 is 12.0. The second-order valence-electron chi connectivity index (χ2n) is 4.12.